The van der Waals surface area contributed by atoms with Crippen LogP contribution < -0.4 is 15.4 Å². The van der Waals surface area contributed by atoms with Crippen molar-refractivity contribution < 1.29 is 18.5 Å². The Labute approximate surface area is 171 Å². The Morgan fingerprint density at radius 3 is 2.18 bits per heavy atom. The molecule has 8 heteroatoms. The average Bonchev–Trinajstić information content (AvgIpc) is 2.61. The molecule has 0 unspecified atom stereocenters. The van der Waals surface area contributed by atoms with Gasteiger partial charge >= 0.3 is 0 Å². The van der Waals surface area contributed by atoms with Crippen molar-refractivity contribution in [1.82, 2.24) is 4.72 Å². The van der Waals surface area contributed by atoms with Crippen molar-refractivity contribution in [2.45, 2.75) is 50.7 Å². The van der Waals surface area contributed by atoms with Crippen LogP contribution in [0, 0.1) is 0 Å². The van der Waals surface area contributed by atoms with Gasteiger partial charge in [0.2, 0.25) is 10.0 Å². The maximum Gasteiger partial charge on any atom is 0.282 e. The number of amides is 1. The molecular formula is C20H27ClN3O3S+. The van der Waals surface area contributed by atoms with Gasteiger partial charge in [0, 0.05) is 22.3 Å². The number of hydrogen-bond donors (Lipinski definition) is 3. The molecule has 0 radical (unpaired) electrons. The number of halogens is 1. The van der Waals surface area contributed by atoms with Crippen molar-refractivity contribution in [2.75, 3.05) is 5.32 Å². The van der Waals surface area contributed by atoms with Crippen molar-refractivity contribution in [2.24, 2.45) is 0 Å². The molecule has 0 spiro atoms. The molecular weight excluding hydrogens is 398 g/mol. The predicted molar refractivity (Wildman–Crippen MR) is 112 cm³/mol. The van der Waals surface area contributed by atoms with E-state index >= 15 is 0 Å². The Morgan fingerprint density at radius 2 is 1.61 bits per heavy atom. The van der Waals surface area contributed by atoms with Crippen LogP contribution in [0.1, 0.15) is 39.3 Å². The molecule has 0 saturated carbocycles. The fourth-order valence-corrected chi connectivity index (χ4v) is 4.38. The molecule has 2 atom stereocenters. The van der Waals surface area contributed by atoms with Crippen LogP contribution in [-0.4, -0.2) is 26.4 Å². The van der Waals surface area contributed by atoms with Crippen molar-refractivity contribution in [3.8, 4) is 0 Å². The summed E-state index contributed by atoms with van der Waals surface area (Å²) in [5.74, 6) is -0.171. The van der Waals surface area contributed by atoms with Crippen LogP contribution in [0.15, 0.2) is 53.4 Å². The summed E-state index contributed by atoms with van der Waals surface area (Å²) in [6.45, 7) is 7.32. The molecule has 2 aromatic rings. The van der Waals surface area contributed by atoms with Crippen molar-refractivity contribution in [3.05, 3.63) is 59.1 Å². The molecule has 0 aliphatic rings. The molecule has 0 saturated heterocycles. The zero-order valence-corrected chi connectivity index (χ0v) is 18.0. The number of carbonyl (C=O) groups is 1. The number of carbonyl (C=O) groups excluding carboxylic acids is 1. The number of hydrogen-bond acceptors (Lipinski definition) is 3. The minimum absolute atomic E-state index is 0.0177. The van der Waals surface area contributed by atoms with Crippen LogP contribution in [0.25, 0.3) is 0 Å². The summed E-state index contributed by atoms with van der Waals surface area (Å²) in [5.41, 5.74) is 1.51. The fourth-order valence-electron chi connectivity index (χ4n) is 2.82. The lowest BCUT2D eigenvalue weighted by Crippen LogP contribution is -2.91. The van der Waals surface area contributed by atoms with Gasteiger partial charge in [-0.1, -0.05) is 29.8 Å². The van der Waals surface area contributed by atoms with E-state index in [2.05, 4.69) is 10.0 Å². The molecule has 2 aromatic carbocycles. The maximum absolute atomic E-state index is 12.5. The van der Waals surface area contributed by atoms with Crippen LogP contribution in [0.5, 0.6) is 0 Å². The van der Waals surface area contributed by atoms with Gasteiger partial charge in [0.25, 0.3) is 5.91 Å². The quantitative estimate of drug-likeness (QED) is 0.608. The number of anilines is 1. The third-order valence-corrected chi connectivity index (χ3v) is 6.23. The highest BCUT2D eigenvalue weighted by molar-refractivity contribution is 7.89. The highest BCUT2D eigenvalue weighted by Crippen LogP contribution is 2.20. The number of quaternary nitrogens is 1. The van der Waals surface area contributed by atoms with Gasteiger partial charge in [-0.15, -0.1) is 0 Å². The van der Waals surface area contributed by atoms with E-state index in [4.69, 9.17) is 11.6 Å². The van der Waals surface area contributed by atoms with Gasteiger partial charge in [0.1, 0.15) is 6.04 Å². The largest absolute Gasteiger partial charge is 0.330 e. The fraction of sp³-hybridized carbons (Fsp3) is 0.350. The van der Waals surface area contributed by atoms with Crippen LogP contribution in [0.3, 0.4) is 0 Å². The zero-order chi connectivity index (χ0) is 20.9. The molecule has 0 aliphatic carbocycles. The van der Waals surface area contributed by atoms with Gasteiger partial charge in [-0.05, 0) is 58.0 Å². The predicted octanol–water partition coefficient (Wildman–Crippen LogP) is 2.68. The van der Waals surface area contributed by atoms with Gasteiger partial charge < -0.3 is 10.6 Å². The number of nitrogens with two attached hydrogens (primary N) is 1. The van der Waals surface area contributed by atoms with Gasteiger partial charge in [-0.25, -0.2) is 13.1 Å². The lowest BCUT2D eigenvalue weighted by Gasteiger charge is -2.18. The lowest BCUT2D eigenvalue weighted by molar-refractivity contribution is -0.709. The highest BCUT2D eigenvalue weighted by atomic mass is 35.5. The number of rotatable bonds is 8. The summed E-state index contributed by atoms with van der Waals surface area (Å²) in [4.78, 5) is 12.6. The first kappa shape index (κ1) is 22.4. The summed E-state index contributed by atoms with van der Waals surface area (Å²) in [6.07, 6.45) is 0. The number of sulfonamides is 1. The first-order valence-corrected chi connectivity index (χ1v) is 11.0. The summed E-state index contributed by atoms with van der Waals surface area (Å²) in [6, 6.07) is 13.1. The first-order chi connectivity index (χ1) is 13.1. The second-order valence-corrected chi connectivity index (χ2v) is 9.20. The molecule has 4 N–H and O–H groups in total. The summed E-state index contributed by atoms with van der Waals surface area (Å²) < 4.78 is 26.8. The van der Waals surface area contributed by atoms with Gasteiger partial charge in [0.15, 0.2) is 6.04 Å². The minimum Gasteiger partial charge on any atom is -0.330 e. The van der Waals surface area contributed by atoms with E-state index in [1.54, 1.807) is 26.0 Å². The summed E-state index contributed by atoms with van der Waals surface area (Å²) >= 11 is 6.22. The Balaban J connectivity index is 1.99. The van der Waals surface area contributed by atoms with E-state index in [1.165, 1.54) is 12.1 Å². The molecule has 0 aliphatic heterocycles. The molecule has 28 heavy (non-hydrogen) atoms. The van der Waals surface area contributed by atoms with E-state index in [1.807, 2.05) is 43.4 Å². The second-order valence-electron chi connectivity index (χ2n) is 7.08. The Hall–Kier alpha value is -1.93. The average molecular weight is 425 g/mol. The van der Waals surface area contributed by atoms with E-state index in [0.717, 1.165) is 5.56 Å². The standard InChI is InChI=1S/C20H26ClN3O3S/c1-13(2)24-28(26,27)17-11-9-16(10-12-17)23-20(25)15(4)22-14(3)18-7-5-6-8-19(18)21/h5-15,22,24H,1-4H3,(H,23,25)/p+1/t14-,15+/m1/s1. The zero-order valence-electron chi connectivity index (χ0n) is 16.4. The maximum atomic E-state index is 12.5. The normalized spacial score (nSPS) is 13.9. The van der Waals surface area contributed by atoms with Crippen molar-refractivity contribution in [3.63, 3.8) is 0 Å². The topological polar surface area (TPSA) is 91.9 Å². The van der Waals surface area contributed by atoms with Gasteiger partial charge in [0.05, 0.1) is 4.90 Å². The third-order valence-electron chi connectivity index (χ3n) is 4.21. The van der Waals surface area contributed by atoms with E-state index in [9.17, 15) is 13.2 Å². The number of benzene rings is 2. The summed E-state index contributed by atoms with van der Waals surface area (Å²) in [7, 11) is -3.55. The van der Waals surface area contributed by atoms with Crippen LogP contribution in [0.2, 0.25) is 5.02 Å². The minimum atomic E-state index is -3.55. The molecule has 0 heterocycles. The van der Waals surface area contributed by atoms with Gasteiger partial charge in [-0.3, -0.25) is 4.79 Å². The monoisotopic (exact) mass is 424 g/mol. The smallest absolute Gasteiger partial charge is 0.282 e. The van der Waals surface area contributed by atoms with Crippen molar-refractivity contribution in [1.29, 1.82) is 0 Å². The summed E-state index contributed by atoms with van der Waals surface area (Å²) in [5, 5.41) is 5.42. The molecule has 6 nitrogen and oxygen atoms in total. The molecule has 0 fully saturated rings. The third kappa shape index (κ3) is 6.04. The molecule has 0 bridgehead atoms. The second kappa shape index (κ2) is 9.52. The molecule has 152 valence electrons. The molecule has 1 amide bonds. The molecule has 0 aromatic heterocycles. The van der Waals surface area contributed by atoms with E-state index in [0.29, 0.717) is 10.7 Å². The van der Waals surface area contributed by atoms with Crippen LogP contribution >= 0.6 is 11.6 Å². The van der Waals surface area contributed by atoms with Crippen LogP contribution in [0.4, 0.5) is 5.69 Å². The highest BCUT2D eigenvalue weighted by Gasteiger charge is 2.22. The Kier molecular flexibility index (Phi) is 7.60. The van der Waals surface area contributed by atoms with Crippen molar-refractivity contribution >= 4 is 33.2 Å². The first-order valence-electron chi connectivity index (χ1n) is 9.13. The SMILES string of the molecule is CC(C)NS(=O)(=O)c1ccc(NC(=O)[C@H](C)[NH2+][C@H](C)c2ccccc2Cl)cc1. The van der Waals surface area contributed by atoms with E-state index in [-0.39, 0.29) is 28.9 Å². The van der Waals surface area contributed by atoms with Crippen LogP contribution in [-0.2, 0) is 14.8 Å². The van der Waals surface area contributed by atoms with Gasteiger partial charge in [-0.2, -0.15) is 0 Å². The molecule has 2 rings (SSSR count). The lowest BCUT2D eigenvalue weighted by atomic mass is 10.1. The Morgan fingerprint density at radius 1 is 1.00 bits per heavy atom. The Bertz CT molecular complexity index is 915. The van der Waals surface area contributed by atoms with E-state index < -0.39 is 10.0 Å². The number of nitrogens with one attached hydrogen (secondary N) is 2.